The number of carbonyl (C=O) groups is 4. The average Bonchev–Trinajstić information content (AvgIpc) is 2.77. The van der Waals surface area contributed by atoms with Crippen LogP contribution in [0.3, 0.4) is 0 Å². The lowest BCUT2D eigenvalue weighted by Gasteiger charge is -2.26. The quantitative estimate of drug-likeness (QED) is 0.753. The molecule has 22 heavy (non-hydrogen) atoms. The number of likely N-dealkylation sites (N-methyl/N-ethyl adjacent to an activating group) is 1. The fourth-order valence-electron chi connectivity index (χ4n) is 2.18. The summed E-state index contributed by atoms with van der Waals surface area (Å²) in [6.45, 7) is 3.93. The number of hydrogen-bond donors (Lipinski definition) is 2. The van der Waals surface area contributed by atoms with Crippen molar-refractivity contribution < 1.29 is 24.3 Å². The SMILES string of the molecule is CN(C(=O)Nc1nc2c(s1)C(=O)CC(C)(C)C2)C(=O)C(=O)O. The predicted molar refractivity (Wildman–Crippen MR) is 78.0 cm³/mol. The van der Waals surface area contributed by atoms with Gasteiger partial charge in [0.2, 0.25) is 0 Å². The van der Waals surface area contributed by atoms with E-state index < -0.39 is 17.9 Å². The van der Waals surface area contributed by atoms with Crippen molar-refractivity contribution in [2.75, 3.05) is 12.4 Å². The Hall–Kier alpha value is -2.29. The number of amides is 3. The van der Waals surface area contributed by atoms with Gasteiger partial charge in [-0.25, -0.2) is 14.6 Å². The number of rotatable bonds is 1. The highest BCUT2D eigenvalue weighted by Crippen LogP contribution is 2.38. The molecule has 0 spiro atoms. The molecule has 0 fully saturated rings. The first-order valence-electron chi connectivity index (χ1n) is 6.45. The molecule has 0 unspecified atom stereocenters. The number of carboxylic acids is 1. The molecule has 1 aliphatic carbocycles. The van der Waals surface area contributed by atoms with E-state index in [9.17, 15) is 19.2 Å². The van der Waals surface area contributed by atoms with Gasteiger partial charge in [-0.05, 0) is 11.8 Å². The third-order valence-electron chi connectivity index (χ3n) is 3.24. The summed E-state index contributed by atoms with van der Waals surface area (Å²) < 4.78 is 0. The van der Waals surface area contributed by atoms with Crippen molar-refractivity contribution in [2.24, 2.45) is 5.41 Å². The van der Waals surface area contributed by atoms with Gasteiger partial charge in [0.15, 0.2) is 10.9 Å². The van der Waals surface area contributed by atoms with Crippen LogP contribution >= 0.6 is 11.3 Å². The largest absolute Gasteiger partial charge is 0.474 e. The lowest BCUT2D eigenvalue weighted by atomic mass is 9.78. The van der Waals surface area contributed by atoms with E-state index in [1.54, 1.807) is 0 Å². The molecule has 0 aromatic carbocycles. The normalized spacial score (nSPS) is 15.9. The van der Waals surface area contributed by atoms with Crippen molar-refractivity contribution in [3.05, 3.63) is 10.6 Å². The van der Waals surface area contributed by atoms with E-state index in [1.807, 2.05) is 13.8 Å². The Labute approximate surface area is 130 Å². The first-order chi connectivity index (χ1) is 10.1. The monoisotopic (exact) mass is 325 g/mol. The van der Waals surface area contributed by atoms with Crippen molar-refractivity contribution >= 4 is 40.2 Å². The lowest BCUT2D eigenvalue weighted by Crippen LogP contribution is -2.40. The lowest BCUT2D eigenvalue weighted by molar-refractivity contribution is -0.153. The number of carbonyl (C=O) groups excluding carboxylic acids is 3. The maximum atomic E-state index is 12.0. The zero-order chi connectivity index (χ0) is 16.7. The number of thiazole rings is 1. The van der Waals surface area contributed by atoms with Crippen molar-refractivity contribution in [3.8, 4) is 0 Å². The highest BCUT2D eigenvalue weighted by atomic mass is 32.1. The molecule has 8 nitrogen and oxygen atoms in total. The van der Waals surface area contributed by atoms with E-state index in [0.29, 0.717) is 28.3 Å². The number of aliphatic carboxylic acids is 1. The predicted octanol–water partition coefficient (Wildman–Crippen LogP) is 1.37. The summed E-state index contributed by atoms with van der Waals surface area (Å²) in [5, 5.41) is 11.1. The number of nitrogens with zero attached hydrogens (tertiary/aromatic N) is 2. The van der Waals surface area contributed by atoms with E-state index in [-0.39, 0.29) is 16.3 Å². The Morgan fingerprint density at radius 1 is 1.32 bits per heavy atom. The third kappa shape index (κ3) is 3.14. The van der Waals surface area contributed by atoms with Crippen molar-refractivity contribution in [1.29, 1.82) is 0 Å². The molecule has 1 aromatic heterocycles. The summed E-state index contributed by atoms with van der Waals surface area (Å²) in [6.07, 6.45) is 1.03. The molecule has 3 amide bonds. The molecule has 2 rings (SSSR count). The van der Waals surface area contributed by atoms with Crippen LogP contribution in [-0.2, 0) is 16.0 Å². The number of carboxylic acid groups (broad SMARTS) is 1. The summed E-state index contributed by atoms with van der Waals surface area (Å²) >= 11 is 1.03. The Morgan fingerprint density at radius 2 is 1.95 bits per heavy atom. The molecule has 1 aliphatic rings. The number of imide groups is 1. The van der Waals surface area contributed by atoms with E-state index in [1.165, 1.54) is 0 Å². The number of fused-ring (bicyclic) bond motifs is 1. The van der Waals surface area contributed by atoms with Gasteiger partial charge in [0.1, 0.15) is 0 Å². The van der Waals surface area contributed by atoms with Gasteiger partial charge in [0, 0.05) is 13.5 Å². The summed E-state index contributed by atoms with van der Waals surface area (Å²) in [5.74, 6) is -3.11. The van der Waals surface area contributed by atoms with Gasteiger partial charge < -0.3 is 5.11 Å². The topological polar surface area (TPSA) is 117 Å². The summed E-state index contributed by atoms with van der Waals surface area (Å²) in [4.78, 5) is 50.7. The van der Waals surface area contributed by atoms with Crippen LogP contribution in [0.4, 0.5) is 9.93 Å². The number of urea groups is 1. The molecule has 2 N–H and O–H groups in total. The molecule has 0 saturated carbocycles. The summed E-state index contributed by atoms with van der Waals surface area (Å²) in [5.41, 5.74) is 0.434. The molecular weight excluding hydrogens is 310 g/mol. The van der Waals surface area contributed by atoms with Gasteiger partial charge in [-0.1, -0.05) is 25.2 Å². The van der Waals surface area contributed by atoms with Crippen LogP contribution in [0.5, 0.6) is 0 Å². The molecule has 0 atom stereocenters. The second-order valence-electron chi connectivity index (χ2n) is 5.84. The van der Waals surface area contributed by atoms with Gasteiger partial charge in [0.05, 0.1) is 10.6 Å². The number of anilines is 1. The molecule has 118 valence electrons. The fraction of sp³-hybridized carbons (Fsp3) is 0.462. The molecule has 0 aliphatic heterocycles. The molecular formula is C13H15N3O5S. The van der Waals surface area contributed by atoms with Gasteiger partial charge in [-0.2, -0.15) is 0 Å². The smallest absolute Gasteiger partial charge is 0.395 e. The van der Waals surface area contributed by atoms with E-state index in [4.69, 9.17) is 5.11 Å². The van der Waals surface area contributed by atoms with E-state index in [2.05, 4.69) is 10.3 Å². The minimum absolute atomic E-state index is 0.0285. The Morgan fingerprint density at radius 3 is 2.55 bits per heavy atom. The van der Waals surface area contributed by atoms with Crippen LogP contribution in [-0.4, -0.2) is 45.7 Å². The highest BCUT2D eigenvalue weighted by Gasteiger charge is 2.34. The molecule has 1 heterocycles. The minimum atomic E-state index is -1.73. The zero-order valence-corrected chi connectivity index (χ0v) is 13.1. The van der Waals surface area contributed by atoms with Crippen LogP contribution in [0.1, 0.15) is 35.6 Å². The van der Waals surface area contributed by atoms with Crippen LogP contribution in [0, 0.1) is 5.41 Å². The Balaban J connectivity index is 2.16. The Kier molecular flexibility index (Phi) is 4.01. The second-order valence-corrected chi connectivity index (χ2v) is 6.83. The van der Waals surface area contributed by atoms with Crippen molar-refractivity contribution in [3.63, 3.8) is 0 Å². The number of hydrogen-bond acceptors (Lipinski definition) is 6. The standard InChI is InChI=1S/C13H15N3O5S/c1-13(2)4-6-8(7(17)5-13)22-11(14-6)15-12(21)16(3)9(18)10(19)20/h4-5H2,1-3H3,(H,19,20)(H,14,15,21). The molecule has 0 bridgehead atoms. The van der Waals surface area contributed by atoms with Gasteiger partial charge >= 0.3 is 17.9 Å². The Bertz CT molecular complexity index is 679. The number of Topliss-reactive ketones (excluding diaryl/α,β-unsaturated/α-hetero) is 1. The molecule has 0 radical (unpaired) electrons. The number of ketones is 1. The first kappa shape index (κ1) is 16.1. The minimum Gasteiger partial charge on any atom is -0.474 e. The molecule has 1 aromatic rings. The summed E-state index contributed by atoms with van der Waals surface area (Å²) in [6, 6.07) is -0.912. The van der Waals surface area contributed by atoms with Gasteiger partial charge in [-0.15, -0.1) is 0 Å². The third-order valence-corrected chi connectivity index (χ3v) is 4.30. The fourth-order valence-corrected chi connectivity index (χ4v) is 3.09. The maximum absolute atomic E-state index is 12.0. The van der Waals surface area contributed by atoms with E-state index >= 15 is 0 Å². The maximum Gasteiger partial charge on any atom is 0.395 e. The first-order valence-corrected chi connectivity index (χ1v) is 7.27. The second kappa shape index (κ2) is 5.48. The highest BCUT2D eigenvalue weighted by molar-refractivity contribution is 7.17. The number of aromatic nitrogens is 1. The molecule has 9 heteroatoms. The van der Waals surface area contributed by atoms with Gasteiger partial charge in [-0.3, -0.25) is 19.8 Å². The van der Waals surface area contributed by atoms with E-state index in [0.717, 1.165) is 18.4 Å². The summed E-state index contributed by atoms with van der Waals surface area (Å²) in [7, 11) is 1.05. The average molecular weight is 325 g/mol. The van der Waals surface area contributed by atoms with Crippen LogP contribution in [0.2, 0.25) is 0 Å². The molecule has 0 saturated heterocycles. The van der Waals surface area contributed by atoms with Crippen LogP contribution in [0.15, 0.2) is 0 Å². The van der Waals surface area contributed by atoms with Crippen LogP contribution in [0.25, 0.3) is 0 Å². The zero-order valence-electron chi connectivity index (χ0n) is 12.3. The van der Waals surface area contributed by atoms with Crippen molar-refractivity contribution in [1.82, 2.24) is 9.88 Å². The van der Waals surface area contributed by atoms with Crippen LogP contribution < -0.4 is 5.32 Å². The van der Waals surface area contributed by atoms with Crippen molar-refractivity contribution in [2.45, 2.75) is 26.7 Å². The van der Waals surface area contributed by atoms with Gasteiger partial charge in [0.25, 0.3) is 0 Å². The number of nitrogens with one attached hydrogen (secondary N) is 1.